The van der Waals surface area contributed by atoms with Crippen LogP contribution >= 0.6 is 0 Å². The number of rotatable bonds is 8. The van der Waals surface area contributed by atoms with E-state index in [0.717, 1.165) is 44.9 Å². The number of nitrogens with zero attached hydrogens (tertiary/aromatic N) is 1. The third kappa shape index (κ3) is 9.59. The predicted molar refractivity (Wildman–Crippen MR) is 139 cm³/mol. The van der Waals surface area contributed by atoms with Gasteiger partial charge < -0.3 is 20.6 Å². The highest BCUT2D eigenvalue weighted by Crippen LogP contribution is 2.26. The fraction of sp³-hybridized carbons (Fsp3) is 0.821. The molecule has 1 saturated heterocycles. The molecule has 0 spiro atoms. The number of likely N-dealkylation sites (tertiary alicyclic amines) is 1. The van der Waals surface area contributed by atoms with Crippen LogP contribution in [0, 0.1) is 17.8 Å². The third-order valence-corrected chi connectivity index (χ3v) is 7.45. The van der Waals surface area contributed by atoms with Crippen LogP contribution in [0.1, 0.15) is 104 Å². The maximum absolute atomic E-state index is 13.3. The van der Waals surface area contributed by atoms with E-state index in [1.807, 2.05) is 13.8 Å². The van der Waals surface area contributed by atoms with Crippen molar-refractivity contribution in [2.45, 2.75) is 123 Å². The van der Waals surface area contributed by atoms with Crippen molar-refractivity contribution in [3.8, 4) is 0 Å². The molecule has 2 heterocycles. The van der Waals surface area contributed by atoms with Crippen LogP contribution in [0.15, 0.2) is 12.2 Å². The van der Waals surface area contributed by atoms with Gasteiger partial charge in [0.2, 0.25) is 17.7 Å². The molecule has 0 aliphatic carbocycles. The molecule has 2 aliphatic rings. The molecule has 35 heavy (non-hydrogen) atoms. The minimum atomic E-state index is -1.07. The molecule has 5 atom stereocenters. The molecule has 200 valence electrons. The number of fused-ring (bicyclic) bond motifs is 2. The van der Waals surface area contributed by atoms with E-state index in [0.29, 0.717) is 19.3 Å². The van der Waals surface area contributed by atoms with Crippen molar-refractivity contribution in [1.82, 2.24) is 15.5 Å². The average Bonchev–Trinajstić information content (AvgIpc) is 2.81. The highest BCUT2D eigenvalue weighted by molar-refractivity contribution is 5.89. The van der Waals surface area contributed by atoms with Crippen molar-refractivity contribution < 1.29 is 19.5 Å². The Kier molecular flexibility index (Phi) is 12.8. The van der Waals surface area contributed by atoms with E-state index in [1.54, 1.807) is 7.05 Å². The fourth-order valence-corrected chi connectivity index (χ4v) is 5.26. The van der Waals surface area contributed by atoms with Gasteiger partial charge in [-0.25, -0.2) is 0 Å². The van der Waals surface area contributed by atoms with Gasteiger partial charge >= 0.3 is 0 Å². The first-order valence-electron chi connectivity index (χ1n) is 13.9. The zero-order valence-corrected chi connectivity index (χ0v) is 22.4. The Morgan fingerprint density at radius 2 is 1.77 bits per heavy atom. The van der Waals surface area contributed by atoms with E-state index < -0.39 is 18.3 Å². The second-order valence-corrected chi connectivity index (χ2v) is 11.0. The van der Waals surface area contributed by atoms with Crippen molar-refractivity contribution in [3.63, 3.8) is 0 Å². The molecule has 0 radical (unpaired) electrons. The lowest BCUT2D eigenvalue weighted by atomic mass is 9.88. The van der Waals surface area contributed by atoms with Crippen LogP contribution in [-0.4, -0.2) is 53.1 Å². The Morgan fingerprint density at radius 1 is 1.03 bits per heavy atom. The number of hydrogen-bond donors (Lipinski definition) is 3. The molecule has 7 nitrogen and oxygen atoms in total. The van der Waals surface area contributed by atoms with E-state index in [4.69, 9.17) is 0 Å². The lowest BCUT2D eigenvalue weighted by Gasteiger charge is -2.40. The summed E-state index contributed by atoms with van der Waals surface area (Å²) in [5, 5.41) is 16.7. The van der Waals surface area contributed by atoms with Gasteiger partial charge in [-0.3, -0.25) is 14.4 Å². The van der Waals surface area contributed by atoms with Crippen LogP contribution in [0.2, 0.25) is 0 Å². The van der Waals surface area contributed by atoms with Gasteiger partial charge in [-0.1, -0.05) is 71.4 Å². The highest BCUT2D eigenvalue weighted by Gasteiger charge is 2.40. The molecule has 4 unspecified atom stereocenters. The highest BCUT2D eigenvalue weighted by atomic mass is 16.3. The first-order chi connectivity index (χ1) is 16.7. The summed E-state index contributed by atoms with van der Waals surface area (Å²) < 4.78 is 0. The van der Waals surface area contributed by atoms with Crippen LogP contribution in [0.3, 0.4) is 0 Å². The Balaban J connectivity index is 2.18. The topological polar surface area (TPSA) is 98.7 Å². The number of aliphatic hydroxyl groups is 1. The van der Waals surface area contributed by atoms with Crippen molar-refractivity contribution in [3.05, 3.63) is 12.2 Å². The first kappa shape index (κ1) is 29.3. The zero-order valence-electron chi connectivity index (χ0n) is 22.4. The molecule has 2 bridgehead atoms. The SMILES string of the molecule is CCCCCCCC1CCCC/C=C\CC2CC(NC(=O)[C@H](CC(C)C)NC1=O)C(O)N(C)C2=O. The Morgan fingerprint density at radius 3 is 2.49 bits per heavy atom. The van der Waals surface area contributed by atoms with E-state index in [1.165, 1.54) is 24.2 Å². The number of carbonyl (C=O) groups excluding carboxylic acids is 3. The van der Waals surface area contributed by atoms with Gasteiger partial charge in [0.25, 0.3) is 0 Å². The number of allylic oxidation sites excluding steroid dienone is 2. The van der Waals surface area contributed by atoms with Crippen LogP contribution in [0.5, 0.6) is 0 Å². The van der Waals surface area contributed by atoms with Crippen molar-refractivity contribution in [1.29, 1.82) is 0 Å². The standard InChI is InChI=1S/C28H49N3O4/c1-5-6-7-9-12-15-21-16-13-10-8-11-14-17-22-19-24(28(35)31(4)27(22)34)30-26(33)23(18-20(2)3)29-25(21)32/h11,14,20-24,28,35H,5-10,12-13,15-19H2,1-4H3,(H,29,32)(H,30,33)/b14-11-/t21?,22?,23-,24?,28?/m0/s1. The number of likely N-dealkylation sites (N-methyl/N-ethyl adjacent to an activating group) is 1. The number of nitrogens with one attached hydrogen (secondary N) is 2. The van der Waals surface area contributed by atoms with Crippen LogP contribution < -0.4 is 10.6 Å². The second-order valence-electron chi connectivity index (χ2n) is 11.0. The summed E-state index contributed by atoms with van der Waals surface area (Å²) in [4.78, 5) is 40.6. The average molecular weight is 492 g/mol. The molecule has 3 N–H and O–H groups in total. The summed E-state index contributed by atoms with van der Waals surface area (Å²) in [5.74, 6) is -0.525. The molecule has 0 aromatic carbocycles. The minimum Gasteiger partial charge on any atom is -0.371 e. The molecule has 0 aromatic rings. The summed E-state index contributed by atoms with van der Waals surface area (Å²) in [6, 6.07) is -1.20. The summed E-state index contributed by atoms with van der Waals surface area (Å²) >= 11 is 0. The largest absolute Gasteiger partial charge is 0.371 e. The van der Waals surface area contributed by atoms with Crippen LogP contribution in [0.4, 0.5) is 0 Å². The Hall–Kier alpha value is -1.89. The van der Waals surface area contributed by atoms with Gasteiger partial charge in [-0.2, -0.15) is 0 Å². The number of unbranched alkanes of at least 4 members (excludes halogenated alkanes) is 4. The summed E-state index contributed by atoms with van der Waals surface area (Å²) in [6.45, 7) is 6.27. The molecule has 3 amide bonds. The first-order valence-corrected chi connectivity index (χ1v) is 13.9. The number of carbonyl (C=O) groups is 3. The van der Waals surface area contributed by atoms with Crippen LogP contribution in [0.25, 0.3) is 0 Å². The smallest absolute Gasteiger partial charge is 0.242 e. The number of amides is 3. The Bertz CT molecular complexity index is 708. The maximum atomic E-state index is 13.3. The van der Waals surface area contributed by atoms with E-state index in [9.17, 15) is 19.5 Å². The molecular weight excluding hydrogens is 442 g/mol. The minimum absolute atomic E-state index is 0.0294. The summed E-state index contributed by atoms with van der Waals surface area (Å²) in [7, 11) is 1.58. The molecule has 0 saturated carbocycles. The maximum Gasteiger partial charge on any atom is 0.242 e. The van der Waals surface area contributed by atoms with Gasteiger partial charge in [-0.05, 0) is 50.9 Å². The van der Waals surface area contributed by atoms with Gasteiger partial charge in [0.05, 0.1) is 6.04 Å². The quantitative estimate of drug-likeness (QED) is 0.348. The molecule has 0 aromatic heterocycles. The number of aliphatic hydroxyl groups excluding tert-OH is 1. The molecule has 2 rings (SSSR count). The number of piperidine rings is 1. The van der Waals surface area contributed by atoms with E-state index in [2.05, 4.69) is 29.7 Å². The zero-order chi connectivity index (χ0) is 25.8. The molecule has 7 heteroatoms. The van der Waals surface area contributed by atoms with Gasteiger partial charge in [0.15, 0.2) is 0 Å². The molecule has 1 fully saturated rings. The van der Waals surface area contributed by atoms with Crippen LogP contribution in [-0.2, 0) is 14.4 Å². The van der Waals surface area contributed by atoms with Gasteiger partial charge in [-0.15, -0.1) is 0 Å². The Labute approximate surface area is 212 Å². The second kappa shape index (κ2) is 15.3. The van der Waals surface area contributed by atoms with Crippen molar-refractivity contribution >= 4 is 17.7 Å². The van der Waals surface area contributed by atoms with Gasteiger partial charge in [0, 0.05) is 18.9 Å². The van der Waals surface area contributed by atoms with Crippen molar-refractivity contribution in [2.75, 3.05) is 7.05 Å². The molecule has 2 aliphatic heterocycles. The lowest BCUT2D eigenvalue weighted by Crippen LogP contribution is -2.61. The van der Waals surface area contributed by atoms with E-state index in [-0.39, 0.29) is 35.5 Å². The predicted octanol–water partition coefficient (Wildman–Crippen LogP) is 4.30. The summed E-state index contributed by atoms with van der Waals surface area (Å²) in [6.07, 6.45) is 15.0. The monoisotopic (exact) mass is 491 g/mol. The summed E-state index contributed by atoms with van der Waals surface area (Å²) in [5.41, 5.74) is 0. The fourth-order valence-electron chi connectivity index (χ4n) is 5.26. The van der Waals surface area contributed by atoms with E-state index >= 15 is 0 Å². The molecular formula is C28H49N3O4. The lowest BCUT2D eigenvalue weighted by molar-refractivity contribution is -0.155. The van der Waals surface area contributed by atoms with Gasteiger partial charge in [0.1, 0.15) is 12.3 Å². The third-order valence-electron chi connectivity index (χ3n) is 7.45. The normalized spacial score (nSPS) is 30.2. The number of hydrogen-bond acceptors (Lipinski definition) is 4. The van der Waals surface area contributed by atoms with Crippen molar-refractivity contribution in [2.24, 2.45) is 17.8 Å².